The van der Waals surface area contributed by atoms with Crippen molar-refractivity contribution in [3.63, 3.8) is 0 Å². The number of unbranched alkanes of at least 4 members (excludes halogenated alkanes) is 4. The van der Waals surface area contributed by atoms with Crippen molar-refractivity contribution in [2.45, 2.75) is 51.0 Å². The van der Waals surface area contributed by atoms with Crippen molar-refractivity contribution >= 4 is 5.91 Å². The first kappa shape index (κ1) is 13.2. The number of hydrogen-bond acceptors (Lipinski definition) is 2. The molecule has 1 N–H and O–H groups in total. The number of likely N-dealkylation sites (tertiary alicyclic amines) is 1. The second kappa shape index (κ2) is 7.44. The number of hydrogen-bond donors (Lipinski definition) is 1. The summed E-state index contributed by atoms with van der Waals surface area (Å²) in [4.78, 5) is 13.5. The van der Waals surface area contributed by atoms with Crippen molar-refractivity contribution in [1.82, 2.24) is 4.90 Å². The van der Waals surface area contributed by atoms with Gasteiger partial charge in [-0.2, -0.15) is 0 Å². The quantitative estimate of drug-likeness (QED) is 0.532. The summed E-state index contributed by atoms with van der Waals surface area (Å²) in [6, 6.07) is 0. The zero-order chi connectivity index (χ0) is 11.8. The third-order valence-corrected chi connectivity index (χ3v) is 3.06. The van der Waals surface area contributed by atoms with Crippen molar-refractivity contribution in [3.8, 4) is 0 Å². The number of aliphatic hydroxyl groups excluding tert-OH is 1. The molecule has 1 atom stereocenters. The Labute approximate surface area is 98.1 Å². The average molecular weight is 225 g/mol. The summed E-state index contributed by atoms with van der Waals surface area (Å²) in [5.41, 5.74) is 0. The third-order valence-electron chi connectivity index (χ3n) is 3.06. The van der Waals surface area contributed by atoms with Gasteiger partial charge in [0.1, 0.15) is 0 Å². The molecule has 0 aromatic carbocycles. The largest absolute Gasteiger partial charge is 0.391 e. The summed E-state index contributed by atoms with van der Waals surface area (Å²) in [7, 11) is 0. The Hall–Kier alpha value is -0.830. The summed E-state index contributed by atoms with van der Waals surface area (Å²) < 4.78 is 0. The Morgan fingerprint density at radius 1 is 1.38 bits per heavy atom. The molecule has 1 fully saturated rings. The molecule has 0 saturated carbocycles. The first-order valence-corrected chi connectivity index (χ1v) is 6.30. The van der Waals surface area contributed by atoms with Crippen LogP contribution in [-0.4, -0.2) is 35.1 Å². The normalized spacial score (nSPS) is 20.1. The van der Waals surface area contributed by atoms with Crippen LogP contribution < -0.4 is 0 Å². The van der Waals surface area contributed by atoms with Gasteiger partial charge in [0.05, 0.1) is 6.10 Å². The smallest absolute Gasteiger partial charge is 0.222 e. The van der Waals surface area contributed by atoms with E-state index in [-0.39, 0.29) is 12.0 Å². The van der Waals surface area contributed by atoms with Gasteiger partial charge >= 0.3 is 0 Å². The summed E-state index contributed by atoms with van der Waals surface area (Å²) in [6.07, 6.45) is 8.56. The van der Waals surface area contributed by atoms with Crippen molar-refractivity contribution in [2.24, 2.45) is 0 Å². The minimum Gasteiger partial charge on any atom is -0.391 e. The van der Waals surface area contributed by atoms with Gasteiger partial charge in [0.25, 0.3) is 0 Å². The first-order chi connectivity index (χ1) is 7.74. The highest BCUT2D eigenvalue weighted by atomic mass is 16.3. The van der Waals surface area contributed by atoms with E-state index in [1.54, 1.807) is 4.90 Å². The molecule has 0 bridgehead atoms. The Bertz CT molecular complexity index is 228. The van der Waals surface area contributed by atoms with Gasteiger partial charge in [-0.25, -0.2) is 0 Å². The molecule has 1 aliphatic heterocycles. The zero-order valence-corrected chi connectivity index (χ0v) is 10.0. The van der Waals surface area contributed by atoms with E-state index in [4.69, 9.17) is 0 Å². The van der Waals surface area contributed by atoms with Crippen molar-refractivity contribution in [2.75, 3.05) is 13.1 Å². The number of carbonyl (C=O) groups is 1. The fraction of sp³-hybridized carbons (Fsp3) is 0.769. The Kier molecular flexibility index (Phi) is 6.16. The molecule has 0 unspecified atom stereocenters. The first-order valence-electron chi connectivity index (χ1n) is 6.30. The maximum Gasteiger partial charge on any atom is 0.222 e. The van der Waals surface area contributed by atoms with Crippen molar-refractivity contribution < 1.29 is 9.90 Å². The number of allylic oxidation sites excluding steroid dienone is 1. The predicted molar refractivity (Wildman–Crippen MR) is 65.1 cm³/mol. The summed E-state index contributed by atoms with van der Waals surface area (Å²) >= 11 is 0. The fourth-order valence-corrected chi connectivity index (χ4v) is 2.04. The third kappa shape index (κ3) is 4.79. The molecule has 1 rings (SSSR count). The van der Waals surface area contributed by atoms with Gasteiger partial charge in [-0.15, -0.1) is 6.58 Å². The van der Waals surface area contributed by atoms with Crippen LogP contribution in [0.3, 0.4) is 0 Å². The van der Waals surface area contributed by atoms with Crippen LogP contribution in [0.1, 0.15) is 44.9 Å². The number of rotatable bonds is 7. The van der Waals surface area contributed by atoms with Crippen LogP contribution in [0.4, 0.5) is 0 Å². The monoisotopic (exact) mass is 225 g/mol. The molecule has 0 aliphatic carbocycles. The molecule has 3 nitrogen and oxygen atoms in total. The molecular weight excluding hydrogens is 202 g/mol. The summed E-state index contributed by atoms with van der Waals surface area (Å²) in [5.74, 6) is 0.209. The van der Waals surface area contributed by atoms with Crippen LogP contribution >= 0.6 is 0 Å². The summed E-state index contributed by atoms with van der Waals surface area (Å²) in [5, 5.41) is 9.31. The lowest BCUT2D eigenvalue weighted by Crippen LogP contribution is -2.29. The SMILES string of the molecule is C=CCCCCCCC(=O)N1CC[C@H](O)C1. The van der Waals surface area contributed by atoms with Crippen LogP contribution in [0, 0.1) is 0 Å². The molecule has 16 heavy (non-hydrogen) atoms. The van der Waals surface area contributed by atoms with Gasteiger partial charge in [-0.3, -0.25) is 4.79 Å². The van der Waals surface area contributed by atoms with E-state index in [1.165, 1.54) is 12.8 Å². The van der Waals surface area contributed by atoms with Crippen LogP contribution in [0.2, 0.25) is 0 Å². The Balaban J connectivity index is 2.00. The number of nitrogens with zero attached hydrogens (tertiary/aromatic N) is 1. The molecule has 0 spiro atoms. The van der Waals surface area contributed by atoms with Crippen LogP contribution in [-0.2, 0) is 4.79 Å². The van der Waals surface area contributed by atoms with Crippen molar-refractivity contribution in [3.05, 3.63) is 12.7 Å². The lowest BCUT2D eigenvalue weighted by atomic mass is 10.1. The number of carbonyl (C=O) groups excluding carboxylic acids is 1. The number of β-amino-alcohol motifs (C(OH)–C–C–N with tert-alkyl or cyclic N) is 1. The Morgan fingerprint density at radius 2 is 2.12 bits per heavy atom. The maximum absolute atomic E-state index is 11.7. The zero-order valence-electron chi connectivity index (χ0n) is 10.0. The molecule has 1 saturated heterocycles. The lowest BCUT2D eigenvalue weighted by Gasteiger charge is -2.15. The average Bonchev–Trinajstić information content (AvgIpc) is 2.70. The molecule has 1 heterocycles. The van der Waals surface area contributed by atoms with Gasteiger partial charge in [0.2, 0.25) is 5.91 Å². The van der Waals surface area contributed by atoms with E-state index in [2.05, 4.69) is 6.58 Å². The summed E-state index contributed by atoms with van der Waals surface area (Å²) in [6.45, 7) is 4.95. The van der Waals surface area contributed by atoms with Crippen molar-refractivity contribution in [1.29, 1.82) is 0 Å². The van der Waals surface area contributed by atoms with Crippen LogP contribution in [0.5, 0.6) is 0 Å². The van der Waals surface area contributed by atoms with E-state index >= 15 is 0 Å². The minimum atomic E-state index is -0.295. The second-order valence-corrected chi connectivity index (χ2v) is 4.52. The molecule has 0 aromatic heterocycles. The number of amides is 1. The molecule has 0 aromatic rings. The lowest BCUT2D eigenvalue weighted by molar-refractivity contribution is -0.130. The molecular formula is C13H23NO2. The van der Waals surface area contributed by atoms with E-state index < -0.39 is 0 Å². The van der Waals surface area contributed by atoms with Gasteiger partial charge < -0.3 is 10.0 Å². The standard InChI is InChI=1S/C13H23NO2/c1-2-3-4-5-6-7-8-13(16)14-10-9-12(15)11-14/h2,12,15H,1,3-11H2/t12-/m0/s1. The highest BCUT2D eigenvalue weighted by Crippen LogP contribution is 2.12. The van der Waals surface area contributed by atoms with E-state index in [0.717, 1.165) is 32.2 Å². The van der Waals surface area contributed by atoms with Gasteiger partial charge in [0.15, 0.2) is 0 Å². The molecule has 0 radical (unpaired) electrons. The second-order valence-electron chi connectivity index (χ2n) is 4.52. The minimum absolute atomic E-state index is 0.209. The highest BCUT2D eigenvalue weighted by Gasteiger charge is 2.23. The fourth-order valence-electron chi connectivity index (χ4n) is 2.04. The highest BCUT2D eigenvalue weighted by molar-refractivity contribution is 5.76. The molecule has 92 valence electrons. The molecule has 3 heteroatoms. The van der Waals surface area contributed by atoms with Gasteiger partial charge in [-0.05, 0) is 25.7 Å². The van der Waals surface area contributed by atoms with E-state index in [9.17, 15) is 9.90 Å². The maximum atomic E-state index is 11.7. The van der Waals surface area contributed by atoms with E-state index in [1.807, 2.05) is 6.08 Å². The Morgan fingerprint density at radius 3 is 2.75 bits per heavy atom. The van der Waals surface area contributed by atoms with Crippen LogP contribution in [0.25, 0.3) is 0 Å². The predicted octanol–water partition coefficient (Wildman–Crippen LogP) is 2.11. The molecule has 1 aliphatic rings. The number of aliphatic hydroxyl groups is 1. The molecule has 1 amide bonds. The van der Waals surface area contributed by atoms with E-state index in [0.29, 0.717) is 13.0 Å². The van der Waals surface area contributed by atoms with Gasteiger partial charge in [-0.1, -0.05) is 18.9 Å². The topological polar surface area (TPSA) is 40.5 Å². The van der Waals surface area contributed by atoms with Gasteiger partial charge in [0, 0.05) is 19.5 Å². The van der Waals surface area contributed by atoms with Crippen LogP contribution in [0.15, 0.2) is 12.7 Å².